The van der Waals surface area contributed by atoms with E-state index in [0.29, 0.717) is 6.42 Å². The molecule has 0 aliphatic rings. The molecule has 0 saturated carbocycles. The standard InChI is InChI=1S/C36H40ClN3O4S/c1-5-28(4)38-36(42)34(23-29-13-7-6-8-14-29)39(24-30-15-11-12-27(3)22-30)35(41)25-40(33-17-10-9-16-32(33)37)45(43,44)31-20-18-26(2)19-21-31/h6-22,28,34H,5,23-25H2,1-4H3,(H,38,42)/t28-,34+/m0/s1. The smallest absolute Gasteiger partial charge is 0.264 e. The van der Waals surface area contributed by atoms with Gasteiger partial charge in [-0.1, -0.05) is 109 Å². The number of anilines is 1. The van der Waals surface area contributed by atoms with Gasteiger partial charge in [-0.2, -0.15) is 0 Å². The van der Waals surface area contributed by atoms with E-state index in [-0.39, 0.29) is 40.5 Å². The summed E-state index contributed by atoms with van der Waals surface area (Å²) in [5, 5.41) is 3.23. The third-order valence-corrected chi connectivity index (χ3v) is 9.81. The number of hydrogen-bond acceptors (Lipinski definition) is 4. The van der Waals surface area contributed by atoms with Crippen LogP contribution in [0.15, 0.2) is 108 Å². The zero-order valence-corrected chi connectivity index (χ0v) is 27.7. The molecule has 9 heteroatoms. The Hall–Kier alpha value is -4.14. The number of nitrogens with zero attached hydrogens (tertiary/aromatic N) is 2. The number of halogens is 1. The number of sulfonamides is 1. The Morgan fingerprint density at radius 3 is 2.11 bits per heavy atom. The quantitative estimate of drug-likeness (QED) is 0.175. The Balaban J connectivity index is 1.82. The number of benzene rings is 4. The van der Waals surface area contributed by atoms with Crippen LogP contribution in [0.25, 0.3) is 0 Å². The normalized spacial score (nSPS) is 12.6. The van der Waals surface area contributed by atoms with Gasteiger partial charge in [-0.15, -0.1) is 0 Å². The predicted molar refractivity (Wildman–Crippen MR) is 181 cm³/mol. The molecule has 1 N–H and O–H groups in total. The lowest BCUT2D eigenvalue weighted by atomic mass is 10.0. The molecule has 2 amide bonds. The summed E-state index contributed by atoms with van der Waals surface area (Å²) in [4.78, 5) is 30.0. The summed E-state index contributed by atoms with van der Waals surface area (Å²) in [6.07, 6.45) is 0.960. The summed E-state index contributed by atoms with van der Waals surface area (Å²) in [6.45, 7) is 7.26. The van der Waals surface area contributed by atoms with Crippen molar-refractivity contribution >= 4 is 39.1 Å². The Kier molecular flexibility index (Phi) is 11.4. The molecule has 4 rings (SSSR count). The van der Waals surface area contributed by atoms with Crippen LogP contribution in [0.2, 0.25) is 5.02 Å². The van der Waals surface area contributed by atoms with Crippen LogP contribution in [-0.2, 0) is 32.6 Å². The maximum absolute atomic E-state index is 14.5. The van der Waals surface area contributed by atoms with Crippen LogP contribution < -0.4 is 9.62 Å². The zero-order chi connectivity index (χ0) is 32.6. The van der Waals surface area contributed by atoms with Crippen molar-refractivity contribution in [3.63, 3.8) is 0 Å². The second-order valence-electron chi connectivity index (χ2n) is 11.3. The van der Waals surface area contributed by atoms with Gasteiger partial charge in [-0.25, -0.2) is 8.42 Å². The van der Waals surface area contributed by atoms with E-state index in [1.165, 1.54) is 17.0 Å². The van der Waals surface area contributed by atoms with Crippen LogP contribution in [0.4, 0.5) is 5.69 Å². The van der Waals surface area contributed by atoms with Gasteiger partial charge in [0.05, 0.1) is 15.6 Å². The van der Waals surface area contributed by atoms with Crippen LogP contribution in [0.3, 0.4) is 0 Å². The van der Waals surface area contributed by atoms with E-state index in [1.54, 1.807) is 36.4 Å². The highest BCUT2D eigenvalue weighted by Gasteiger charge is 2.35. The maximum atomic E-state index is 14.5. The molecule has 45 heavy (non-hydrogen) atoms. The third kappa shape index (κ3) is 8.74. The minimum atomic E-state index is -4.23. The number of para-hydroxylation sites is 1. The molecule has 0 heterocycles. The van der Waals surface area contributed by atoms with Gasteiger partial charge in [0.25, 0.3) is 10.0 Å². The van der Waals surface area contributed by atoms with Crippen molar-refractivity contribution in [2.45, 2.75) is 64.1 Å². The summed E-state index contributed by atoms with van der Waals surface area (Å²) in [6, 6.07) is 29.2. The first-order valence-corrected chi connectivity index (χ1v) is 16.8. The van der Waals surface area contributed by atoms with Gasteiger partial charge in [-0.05, 0) is 62.6 Å². The molecule has 0 bridgehead atoms. The highest BCUT2D eigenvalue weighted by Crippen LogP contribution is 2.31. The zero-order valence-electron chi connectivity index (χ0n) is 26.1. The van der Waals surface area contributed by atoms with Gasteiger partial charge in [0.2, 0.25) is 11.8 Å². The van der Waals surface area contributed by atoms with Crippen molar-refractivity contribution in [2.75, 3.05) is 10.8 Å². The maximum Gasteiger partial charge on any atom is 0.264 e. The molecule has 0 aromatic heterocycles. The van der Waals surface area contributed by atoms with Gasteiger partial charge in [-0.3, -0.25) is 13.9 Å². The fourth-order valence-electron chi connectivity index (χ4n) is 5.01. The Bertz CT molecular complexity index is 1710. The van der Waals surface area contributed by atoms with Crippen molar-refractivity contribution < 1.29 is 18.0 Å². The molecule has 7 nitrogen and oxygen atoms in total. The lowest BCUT2D eigenvalue weighted by molar-refractivity contribution is -0.140. The first kappa shape index (κ1) is 33.7. The second-order valence-corrected chi connectivity index (χ2v) is 13.6. The number of rotatable bonds is 13. The van der Waals surface area contributed by atoms with Gasteiger partial charge in [0.15, 0.2) is 0 Å². The van der Waals surface area contributed by atoms with Crippen LogP contribution in [0, 0.1) is 13.8 Å². The molecule has 236 valence electrons. The highest BCUT2D eigenvalue weighted by molar-refractivity contribution is 7.92. The van der Waals surface area contributed by atoms with E-state index in [9.17, 15) is 18.0 Å². The number of hydrogen-bond donors (Lipinski definition) is 1. The molecule has 0 unspecified atom stereocenters. The third-order valence-electron chi connectivity index (χ3n) is 7.72. The molecular weight excluding hydrogens is 606 g/mol. The molecule has 4 aromatic carbocycles. The number of nitrogens with one attached hydrogen (secondary N) is 1. The topological polar surface area (TPSA) is 86.8 Å². The summed E-state index contributed by atoms with van der Waals surface area (Å²) >= 11 is 6.55. The van der Waals surface area contributed by atoms with Crippen molar-refractivity contribution in [2.24, 2.45) is 0 Å². The average molecular weight is 646 g/mol. The summed E-state index contributed by atoms with van der Waals surface area (Å²) < 4.78 is 29.3. The largest absolute Gasteiger partial charge is 0.352 e. The fraction of sp³-hybridized carbons (Fsp3) is 0.278. The number of carbonyl (C=O) groups is 2. The fourth-order valence-corrected chi connectivity index (χ4v) is 6.73. The number of aryl methyl sites for hydroxylation is 2. The second kappa shape index (κ2) is 15.2. The summed E-state index contributed by atoms with van der Waals surface area (Å²) in [7, 11) is -4.23. The first-order chi connectivity index (χ1) is 21.5. The molecule has 0 aliphatic carbocycles. The van der Waals surface area contributed by atoms with E-state index in [4.69, 9.17) is 11.6 Å². The SMILES string of the molecule is CC[C@H](C)NC(=O)[C@@H](Cc1ccccc1)N(Cc1cccc(C)c1)C(=O)CN(c1ccccc1Cl)S(=O)(=O)c1ccc(C)cc1. The lowest BCUT2D eigenvalue weighted by Crippen LogP contribution is -2.54. The van der Waals surface area contributed by atoms with E-state index in [0.717, 1.165) is 26.6 Å². The van der Waals surface area contributed by atoms with E-state index in [2.05, 4.69) is 5.32 Å². The van der Waals surface area contributed by atoms with Gasteiger partial charge >= 0.3 is 0 Å². The van der Waals surface area contributed by atoms with Crippen molar-refractivity contribution in [3.8, 4) is 0 Å². The minimum Gasteiger partial charge on any atom is -0.352 e. The predicted octanol–water partition coefficient (Wildman–Crippen LogP) is 6.71. The Labute approximate surface area is 271 Å². The van der Waals surface area contributed by atoms with Gasteiger partial charge in [0, 0.05) is 19.0 Å². The Morgan fingerprint density at radius 1 is 0.822 bits per heavy atom. The molecule has 4 aromatic rings. The van der Waals surface area contributed by atoms with Crippen molar-refractivity contribution in [1.29, 1.82) is 0 Å². The molecule has 2 atom stereocenters. The van der Waals surface area contributed by atoms with Crippen molar-refractivity contribution in [3.05, 3.63) is 130 Å². The molecule has 0 spiro atoms. The minimum absolute atomic E-state index is 0.0291. The molecular formula is C36H40ClN3O4S. The monoisotopic (exact) mass is 645 g/mol. The van der Waals surface area contributed by atoms with Crippen molar-refractivity contribution in [1.82, 2.24) is 10.2 Å². The van der Waals surface area contributed by atoms with Crippen LogP contribution in [0.5, 0.6) is 0 Å². The number of amides is 2. The average Bonchev–Trinajstić information content (AvgIpc) is 3.02. The molecule has 0 fully saturated rings. The van der Waals surface area contributed by atoms with Crippen LogP contribution in [0.1, 0.15) is 42.5 Å². The summed E-state index contributed by atoms with van der Waals surface area (Å²) in [5.41, 5.74) is 3.77. The van der Waals surface area contributed by atoms with Crippen LogP contribution >= 0.6 is 11.6 Å². The number of carbonyl (C=O) groups excluding carboxylic acids is 2. The summed E-state index contributed by atoms with van der Waals surface area (Å²) in [5.74, 6) is -0.841. The molecule has 0 radical (unpaired) electrons. The van der Waals surface area contributed by atoms with E-state index >= 15 is 0 Å². The lowest BCUT2D eigenvalue weighted by Gasteiger charge is -2.34. The molecule has 0 saturated heterocycles. The molecule has 0 aliphatic heterocycles. The van der Waals surface area contributed by atoms with Gasteiger partial charge < -0.3 is 10.2 Å². The highest BCUT2D eigenvalue weighted by atomic mass is 35.5. The van der Waals surface area contributed by atoms with Crippen LogP contribution in [-0.4, -0.2) is 43.8 Å². The van der Waals surface area contributed by atoms with E-state index < -0.39 is 28.5 Å². The Morgan fingerprint density at radius 2 is 1.47 bits per heavy atom. The van der Waals surface area contributed by atoms with Gasteiger partial charge in [0.1, 0.15) is 12.6 Å². The first-order valence-electron chi connectivity index (χ1n) is 15.0. The van der Waals surface area contributed by atoms with E-state index in [1.807, 2.05) is 82.3 Å².